The van der Waals surface area contributed by atoms with Crippen molar-refractivity contribution in [3.05, 3.63) is 0 Å². The summed E-state index contributed by atoms with van der Waals surface area (Å²) in [6, 6.07) is 0.138. The van der Waals surface area contributed by atoms with E-state index in [9.17, 15) is 9.59 Å². The molecule has 2 aliphatic heterocycles. The largest absolute Gasteiger partial charge is 0.352 e. The molecule has 3 fully saturated rings. The average Bonchev–Trinajstić information content (AvgIpc) is 2.92. The smallest absolute Gasteiger partial charge is 0.243 e. The molecule has 0 aromatic heterocycles. The molecule has 0 radical (unpaired) electrons. The van der Waals surface area contributed by atoms with Gasteiger partial charge in [-0.15, -0.1) is 0 Å². The zero-order chi connectivity index (χ0) is 13.5. The number of rotatable bonds is 3. The lowest BCUT2D eigenvalue weighted by molar-refractivity contribution is -0.145. The third-order valence-electron chi connectivity index (χ3n) is 4.63. The lowest BCUT2D eigenvalue weighted by atomic mass is 9.88. The summed E-state index contributed by atoms with van der Waals surface area (Å²) in [5, 5.41) is 6.29. The van der Waals surface area contributed by atoms with Crippen molar-refractivity contribution in [2.24, 2.45) is 5.41 Å². The fourth-order valence-corrected chi connectivity index (χ4v) is 3.15. The predicted octanol–water partition coefficient (Wildman–Crippen LogP) is 0.256. The van der Waals surface area contributed by atoms with Gasteiger partial charge in [-0.05, 0) is 45.6 Å². The van der Waals surface area contributed by atoms with Gasteiger partial charge in [0.05, 0.1) is 5.41 Å². The molecule has 1 saturated carbocycles. The Balaban J connectivity index is 1.67. The first-order valence-corrected chi connectivity index (χ1v) is 7.42. The van der Waals surface area contributed by atoms with Crippen molar-refractivity contribution in [2.75, 3.05) is 19.6 Å². The lowest BCUT2D eigenvalue weighted by Gasteiger charge is -2.31. The van der Waals surface area contributed by atoms with Gasteiger partial charge in [0.15, 0.2) is 0 Å². The maximum Gasteiger partial charge on any atom is 0.243 e. The van der Waals surface area contributed by atoms with Crippen LogP contribution in [0, 0.1) is 5.41 Å². The van der Waals surface area contributed by atoms with Crippen LogP contribution in [0.4, 0.5) is 0 Å². The van der Waals surface area contributed by atoms with Gasteiger partial charge in [0.2, 0.25) is 11.8 Å². The minimum absolute atomic E-state index is 0.0582. The van der Waals surface area contributed by atoms with E-state index in [0.717, 1.165) is 51.7 Å². The summed E-state index contributed by atoms with van der Waals surface area (Å²) in [6.45, 7) is 4.38. The van der Waals surface area contributed by atoms with E-state index >= 15 is 0 Å². The number of hydrogen-bond acceptors (Lipinski definition) is 3. The van der Waals surface area contributed by atoms with E-state index in [-0.39, 0.29) is 23.3 Å². The second kappa shape index (κ2) is 4.78. The second-order valence-electron chi connectivity index (χ2n) is 6.43. The fourth-order valence-electron chi connectivity index (χ4n) is 3.15. The molecule has 0 aromatic rings. The standard InChI is InChI=1S/C14H23N3O2/c1-14(6-7-15-9-14)13(19)17-8-2-3-11(17)12(18)16-10-4-5-10/h10-11,15H,2-9H2,1H3,(H,16,18). The van der Waals surface area contributed by atoms with Crippen LogP contribution in [0.15, 0.2) is 0 Å². The van der Waals surface area contributed by atoms with Crippen LogP contribution >= 0.6 is 0 Å². The van der Waals surface area contributed by atoms with Crippen LogP contribution in [-0.4, -0.2) is 48.4 Å². The first-order valence-electron chi connectivity index (χ1n) is 7.42. The van der Waals surface area contributed by atoms with Crippen molar-refractivity contribution >= 4 is 11.8 Å². The Labute approximate surface area is 114 Å². The molecule has 3 rings (SSSR count). The highest BCUT2D eigenvalue weighted by molar-refractivity contribution is 5.91. The first kappa shape index (κ1) is 12.9. The van der Waals surface area contributed by atoms with E-state index in [1.54, 1.807) is 0 Å². The second-order valence-corrected chi connectivity index (χ2v) is 6.43. The van der Waals surface area contributed by atoms with Crippen LogP contribution in [-0.2, 0) is 9.59 Å². The van der Waals surface area contributed by atoms with Crippen molar-refractivity contribution in [3.8, 4) is 0 Å². The third kappa shape index (κ3) is 2.48. The molecule has 2 heterocycles. The molecule has 19 heavy (non-hydrogen) atoms. The molecule has 2 saturated heterocycles. The van der Waals surface area contributed by atoms with Crippen molar-refractivity contribution in [3.63, 3.8) is 0 Å². The number of nitrogens with zero attached hydrogens (tertiary/aromatic N) is 1. The molecular formula is C14H23N3O2. The van der Waals surface area contributed by atoms with Crippen LogP contribution < -0.4 is 10.6 Å². The summed E-state index contributed by atoms with van der Waals surface area (Å²) in [6.07, 6.45) is 4.81. The minimum atomic E-state index is -0.317. The van der Waals surface area contributed by atoms with Gasteiger partial charge in [-0.25, -0.2) is 0 Å². The molecule has 0 aromatic carbocycles. The van der Waals surface area contributed by atoms with Gasteiger partial charge in [0.25, 0.3) is 0 Å². The summed E-state index contributed by atoms with van der Waals surface area (Å²) in [7, 11) is 0. The topological polar surface area (TPSA) is 61.4 Å². The van der Waals surface area contributed by atoms with Gasteiger partial charge in [-0.1, -0.05) is 0 Å². The monoisotopic (exact) mass is 265 g/mol. The van der Waals surface area contributed by atoms with Crippen LogP contribution in [0.1, 0.15) is 39.0 Å². The Hall–Kier alpha value is -1.10. The number of carbonyl (C=O) groups is 2. The zero-order valence-corrected chi connectivity index (χ0v) is 11.6. The van der Waals surface area contributed by atoms with E-state index in [2.05, 4.69) is 10.6 Å². The Morgan fingerprint density at radius 3 is 2.74 bits per heavy atom. The minimum Gasteiger partial charge on any atom is -0.352 e. The summed E-state index contributed by atoms with van der Waals surface area (Å²) >= 11 is 0. The van der Waals surface area contributed by atoms with Gasteiger partial charge < -0.3 is 15.5 Å². The average molecular weight is 265 g/mol. The molecule has 5 nitrogen and oxygen atoms in total. The molecule has 1 aliphatic carbocycles. The number of nitrogens with one attached hydrogen (secondary N) is 2. The number of likely N-dealkylation sites (tertiary alicyclic amines) is 1. The molecule has 2 atom stereocenters. The van der Waals surface area contributed by atoms with Crippen LogP contribution in [0.3, 0.4) is 0 Å². The van der Waals surface area contributed by atoms with Crippen molar-refractivity contribution < 1.29 is 9.59 Å². The van der Waals surface area contributed by atoms with Crippen molar-refractivity contribution in [2.45, 2.75) is 51.1 Å². The molecule has 3 aliphatic rings. The van der Waals surface area contributed by atoms with Crippen LogP contribution in [0.5, 0.6) is 0 Å². The van der Waals surface area contributed by atoms with E-state index < -0.39 is 0 Å². The van der Waals surface area contributed by atoms with E-state index in [1.807, 2.05) is 11.8 Å². The Morgan fingerprint density at radius 1 is 1.32 bits per heavy atom. The van der Waals surface area contributed by atoms with Gasteiger partial charge in [-0.3, -0.25) is 9.59 Å². The van der Waals surface area contributed by atoms with E-state index in [4.69, 9.17) is 0 Å². The lowest BCUT2D eigenvalue weighted by Crippen LogP contribution is -2.51. The summed E-state index contributed by atoms with van der Waals surface area (Å²) in [4.78, 5) is 26.7. The molecule has 0 bridgehead atoms. The van der Waals surface area contributed by atoms with Gasteiger partial charge in [0, 0.05) is 19.1 Å². The Morgan fingerprint density at radius 2 is 2.11 bits per heavy atom. The van der Waals surface area contributed by atoms with Crippen LogP contribution in [0.25, 0.3) is 0 Å². The maximum absolute atomic E-state index is 12.7. The van der Waals surface area contributed by atoms with E-state index in [1.165, 1.54) is 0 Å². The quantitative estimate of drug-likeness (QED) is 0.769. The highest BCUT2D eigenvalue weighted by Gasteiger charge is 2.44. The molecule has 106 valence electrons. The molecule has 5 heteroatoms. The molecule has 2 unspecified atom stereocenters. The summed E-state index contributed by atoms with van der Waals surface area (Å²) in [5.74, 6) is 0.217. The van der Waals surface area contributed by atoms with E-state index in [0.29, 0.717) is 6.04 Å². The predicted molar refractivity (Wildman–Crippen MR) is 71.5 cm³/mol. The van der Waals surface area contributed by atoms with Crippen molar-refractivity contribution in [1.82, 2.24) is 15.5 Å². The summed E-state index contributed by atoms with van der Waals surface area (Å²) < 4.78 is 0. The van der Waals surface area contributed by atoms with Gasteiger partial charge in [-0.2, -0.15) is 0 Å². The molecule has 0 spiro atoms. The highest BCUT2D eigenvalue weighted by atomic mass is 16.2. The number of amides is 2. The fraction of sp³-hybridized carbons (Fsp3) is 0.857. The number of carbonyl (C=O) groups excluding carboxylic acids is 2. The SMILES string of the molecule is CC1(C(=O)N2CCCC2C(=O)NC2CC2)CCNC1. The number of hydrogen-bond donors (Lipinski definition) is 2. The Kier molecular flexibility index (Phi) is 3.25. The molecule has 2 amide bonds. The summed E-state index contributed by atoms with van der Waals surface area (Å²) in [5.41, 5.74) is -0.317. The molecular weight excluding hydrogens is 242 g/mol. The van der Waals surface area contributed by atoms with Gasteiger partial charge >= 0.3 is 0 Å². The molecule has 2 N–H and O–H groups in total. The van der Waals surface area contributed by atoms with Crippen LogP contribution in [0.2, 0.25) is 0 Å². The highest BCUT2D eigenvalue weighted by Crippen LogP contribution is 2.31. The van der Waals surface area contributed by atoms with Crippen molar-refractivity contribution in [1.29, 1.82) is 0 Å². The zero-order valence-electron chi connectivity index (χ0n) is 11.6. The Bertz CT molecular complexity index is 386. The maximum atomic E-state index is 12.7. The first-order chi connectivity index (χ1) is 9.10. The van der Waals surface area contributed by atoms with Gasteiger partial charge in [0.1, 0.15) is 6.04 Å². The normalized spacial score (nSPS) is 34.6. The third-order valence-corrected chi connectivity index (χ3v) is 4.63.